The second-order valence-electron chi connectivity index (χ2n) is 12.6. The van der Waals surface area contributed by atoms with Crippen LogP contribution in [0.1, 0.15) is 75.6 Å². The monoisotopic (exact) mass is 702 g/mol. The van der Waals surface area contributed by atoms with Gasteiger partial charge in [0.1, 0.15) is 24.1 Å². The minimum atomic E-state index is -0.986. The SMILES string of the molecule is CC/C(=C(\c1ccc(O)cc1)c1ccc(OCCOCCOCCCc2cccc3c2C(=O)N(C2CCC(=O)NC2=O)C3=O)cc1)c1ccccc1. The van der Waals surface area contributed by atoms with Gasteiger partial charge in [-0.2, -0.15) is 0 Å². The average molecular weight is 703 g/mol. The van der Waals surface area contributed by atoms with Crippen molar-refractivity contribution in [2.24, 2.45) is 0 Å². The number of nitrogens with one attached hydrogen (secondary N) is 1. The maximum absolute atomic E-state index is 13.3. The van der Waals surface area contributed by atoms with E-state index in [1.54, 1.807) is 24.3 Å². The fourth-order valence-electron chi connectivity index (χ4n) is 6.72. The smallest absolute Gasteiger partial charge is 0.262 e. The molecule has 0 aliphatic carbocycles. The first-order valence-electron chi connectivity index (χ1n) is 17.7. The molecule has 1 fully saturated rings. The number of aromatic hydroxyl groups is 1. The quantitative estimate of drug-likeness (QED) is 0.0801. The number of nitrogens with zero attached hydrogens (tertiary/aromatic N) is 1. The van der Waals surface area contributed by atoms with Crippen LogP contribution < -0.4 is 10.1 Å². The molecule has 4 aromatic carbocycles. The largest absolute Gasteiger partial charge is 0.508 e. The van der Waals surface area contributed by atoms with Crippen molar-refractivity contribution in [3.05, 3.63) is 130 Å². The van der Waals surface area contributed by atoms with Gasteiger partial charge >= 0.3 is 0 Å². The number of carbonyl (C=O) groups excluding carboxylic acids is 4. The summed E-state index contributed by atoms with van der Waals surface area (Å²) in [5, 5.41) is 12.1. The normalized spacial score (nSPS) is 16.1. The highest BCUT2D eigenvalue weighted by atomic mass is 16.5. The van der Waals surface area contributed by atoms with Crippen molar-refractivity contribution in [3.63, 3.8) is 0 Å². The van der Waals surface area contributed by atoms with Crippen LogP contribution in [0.15, 0.2) is 97.1 Å². The lowest BCUT2D eigenvalue weighted by atomic mass is 9.88. The summed E-state index contributed by atoms with van der Waals surface area (Å²) in [7, 11) is 0. The summed E-state index contributed by atoms with van der Waals surface area (Å²) in [5.41, 5.74) is 6.88. The van der Waals surface area contributed by atoms with Crippen molar-refractivity contribution in [1.29, 1.82) is 0 Å². The van der Waals surface area contributed by atoms with E-state index in [0.717, 1.165) is 44.9 Å². The molecule has 10 nitrogen and oxygen atoms in total. The van der Waals surface area contributed by atoms with Crippen molar-refractivity contribution in [3.8, 4) is 11.5 Å². The summed E-state index contributed by atoms with van der Waals surface area (Å²) < 4.78 is 17.4. The van der Waals surface area contributed by atoms with Crippen molar-refractivity contribution in [2.75, 3.05) is 33.0 Å². The molecule has 2 heterocycles. The zero-order valence-electron chi connectivity index (χ0n) is 29.1. The molecule has 2 N–H and O–H groups in total. The van der Waals surface area contributed by atoms with Crippen molar-refractivity contribution < 1.29 is 38.5 Å². The molecule has 4 amide bonds. The van der Waals surface area contributed by atoms with E-state index in [1.165, 1.54) is 5.57 Å². The predicted molar refractivity (Wildman–Crippen MR) is 196 cm³/mol. The number of rotatable bonds is 16. The maximum Gasteiger partial charge on any atom is 0.262 e. The third kappa shape index (κ3) is 8.30. The molecule has 0 spiro atoms. The fraction of sp³-hybridized carbons (Fsp3) is 0.286. The Bertz CT molecular complexity index is 1940. The van der Waals surface area contributed by atoms with Gasteiger partial charge in [0.25, 0.3) is 11.8 Å². The first kappa shape index (κ1) is 36.2. The molecule has 4 aromatic rings. The van der Waals surface area contributed by atoms with E-state index in [-0.39, 0.29) is 24.2 Å². The molecule has 0 radical (unpaired) electrons. The number of amides is 4. The van der Waals surface area contributed by atoms with Crippen LogP contribution in [0.5, 0.6) is 11.5 Å². The number of ether oxygens (including phenoxy) is 3. The number of benzene rings is 4. The molecule has 2 aliphatic heterocycles. The first-order valence-corrected chi connectivity index (χ1v) is 17.7. The van der Waals surface area contributed by atoms with E-state index < -0.39 is 29.7 Å². The van der Waals surface area contributed by atoms with Crippen molar-refractivity contribution in [1.82, 2.24) is 10.2 Å². The predicted octanol–water partition coefficient (Wildman–Crippen LogP) is 6.21. The Morgan fingerprint density at radius 3 is 2.12 bits per heavy atom. The second kappa shape index (κ2) is 17.1. The fourth-order valence-corrected chi connectivity index (χ4v) is 6.72. The highest BCUT2D eigenvalue weighted by Gasteiger charge is 2.45. The topological polar surface area (TPSA) is 131 Å². The van der Waals surface area contributed by atoms with Gasteiger partial charge in [-0.25, -0.2) is 0 Å². The van der Waals surface area contributed by atoms with Crippen LogP contribution in [0.4, 0.5) is 0 Å². The lowest BCUT2D eigenvalue weighted by Crippen LogP contribution is -2.54. The number of fused-ring (bicyclic) bond motifs is 1. The van der Waals surface area contributed by atoms with Crippen molar-refractivity contribution in [2.45, 2.75) is 45.1 Å². The van der Waals surface area contributed by atoms with Gasteiger partial charge < -0.3 is 19.3 Å². The number of imide groups is 2. The minimum Gasteiger partial charge on any atom is -0.508 e. The molecule has 52 heavy (non-hydrogen) atoms. The molecule has 2 aliphatic rings. The van der Waals surface area contributed by atoms with E-state index >= 15 is 0 Å². The van der Waals surface area contributed by atoms with Gasteiger partial charge in [0.2, 0.25) is 11.8 Å². The van der Waals surface area contributed by atoms with Crippen LogP contribution in [0.25, 0.3) is 11.1 Å². The molecule has 1 atom stereocenters. The number of piperidine rings is 1. The summed E-state index contributed by atoms with van der Waals surface area (Å²) in [5.74, 6) is -1.07. The molecule has 1 unspecified atom stereocenters. The Morgan fingerprint density at radius 1 is 0.750 bits per heavy atom. The Morgan fingerprint density at radius 2 is 1.42 bits per heavy atom. The van der Waals surface area contributed by atoms with Crippen molar-refractivity contribution >= 4 is 34.8 Å². The molecule has 0 aromatic heterocycles. The molecular formula is C42H42N2O8. The Balaban J connectivity index is 0.929. The number of phenolic OH excluding ortho intramolecular Hbond substituents is 1. The molecule has 6 rings (SSSR count). The lowest BCUT2D eigenvalue weighted by molar-refractivity contribution is -0.136. The zero-order chi connectivity index (χ0) is 36.5. The number of hydrogen-bond donors (Lipinski definition) is 2. The molecular weight excluding hydrogens is 660 g/mol. The van der Waals surface area contributed by atoms with Crippen LogP contribution in [-0.2, 0) is 25.5 Å². The molecule has 1 saturated heterocycles. The summed E-state index contributed by atoms with van der Waals surface area (Å²) in [6.45, 7) is 4.17. The van der Waals surface area contributed by atoms with Gasteiger partial charge in [-0.05, 0) is 89.4 Å². The van der Waals surface area contributed by atoms with Gasteiger partial charge in [0, 0.05) is 13.0 Å². The van der Waals surface area contributed by atoms with Crippen LogP contribution in [0, 0.1) is 0 Å². The van der Waals surface area contributed by atoms with Crippen LogP contribution in [0.2, 0.25) is 0 Å². The first-order chi connectivity index (χ1) is 25.4. The molecule has 0 saturated carbocycles. The highest BCUT2D eigenvalue weighted by molar-refractivity contribution is 6.24. The summed E-state index contributed by atoms with van der Waals surface area (Å²) in [6, 6.07) is 29.8. The average Bonchev–Trinajstić information content (AvgIpc) is 3.41. The minimum absolute atomic E-state index is 0.0802. The van der Waals surface area contributed by atoms with Crippen LogP contribution in [0.3, 0.4) is 0 Å². The number of allylic oxidation sites excluding steroid dienone is 1. The van der Waals surface area contributed by atoms with Gasteiger partial charge in [-0.1, -0.05) is 73.7 Å². The maximum atomic E-state index is 13.3. The van der Waals surface area contributed by atoms with Gasteiger partial charge in [0.15, 0.2) is 0 Å². The highest BCUT2D eigenvalue weighted by Crippen LogP contribution is 2.36. The second-order valence-corrected chi connectivity index (χ2v) is 12.6. The molecule has 10 heteroatoms. The summed E-state index contributed by atoms with van der Waals surface area (Å²) in [6.07, 6.45) is 2.19. The van der Waals surface area contributed by atoms with Gasteiger partial charge in [-0.15, -0.1) is 0 Å². The Hall–Kier alpha value is -5.58. The van der Waals surface area contributed by atoms with E-state index in [4.69, 9.17) is 14.2 Å². The lowest BCUT2D eigenvalue weighted by Gasteiger charge is -2.27. The molecule has 268 valence electrons. The number of phenols is 1. The van der Waals surface area contributed by atoms with E-state index in [0.29, 0.717) is 51.4 Å². The van der Waals surface area contributed by atoms with Crippen LogP contribution >= 0.6 is 0 Å². The standard InChI is InChI=1S/C42H42N2O8/c1-2-34(28-8-4-3-5-9-28)38(30-13-17-32(45)18-14-30)31-15-19-33(20-16-31)52-27-26-51-25-24-50-23-7-11-29-10-6-12-35-39(29)42(49)44(41(35)48)36-21-22-37(46)43-40(36)47/h3-6,8-10,12-20,36,45H,2,7,11,21-27H2,1H3,(H,43,46,47)/b38-34-. The zero-order valence-corrected chi connectivity index (χ0v) is 29.1. The summed E-state index contributed by atoms with van der Waals surface area (Å²) in [4.78, 5) is 51.2. The number of hydrogen-bond acceptors (Lipinski definition) is 8. The van der Waals surface area contributed by atoms with E-state index in [9.17, 15) is 24.3 Å². The number of aryl methyl sites for hydroxylation is 1. The number of carbonyl (C=O) groups is 4. The Kier molecular flexibility index (Phi) is 11.9. The van der Waals surface area contributed by atoms with Gasteiger partial charge in [0.05, 0.1) is 30.9 Å². The Labute approximate surface area is 303 Å². The van der Waals surface area contributed by atoms with Gasteiger partial charge in [-0.3, -0.25) is 29.4 Å². The third-order valence-electron chi connectivity index (χ3n) is 9.23. The van der Waals surface area contributed by atoms with E-state index in [2.05, 4.69) is 36.5 Å². The third-order valence-corrected chi connectivity index (χ3v) is 9.23. The van der Waals surface area contributed by atoms with E-state index in [1.807, 2.05) is 48.5 Å². The molecule has 0 bridgehead atoms. The summed E-state index contributed by atoms with van der Waals surface area (Å²) >= 11 is 0. The van der Waals surface area contributed by atoms with Crippen LogP contribution in [-0.4, -0.2) is 72.7 Å².